The summed E-state index contributed by atoms with van der Waals surface area (Å²) in [6.45, 7) is 2.58. The highest BCUT2D eigenvalue weighted by atomic mass is 32.2. The summed E-state index contributed by atoms with van der Waals surface area (Å²) < 4.78 is 5.17. The van der Waals surface area contributed by atoms with Gasteiger partial charge in [-0.05, 0) is 30.8 Å². The summed E-state index contributed by atoms with van der Waals surface area (Å²) in [6.07, 6.45) is 0.138. The molecule has 0 aliphatic carbocycles. The molecular formula is C12H23N3O4S. The molecule has 3 atom stereocenters. The van der Waals surface area contributed by atoms with Crippen LogP contribution >= 0.6 is 11.8 Å². The van der Waals surface area contributed by atoms with Crippen LogP contribution in [-0.4, -0.2) is 53.3 Å². The molecule has 8 heteroatoms. The van der Waals surface area contributed by atoms with Crippen molar-refractivity contribution in [2.24, 2.45) is 5.73 Å². The number of rotatable bonds is 7. The van der Waals surface area contributed by atoms with Gasteiger partial charge in [-0.1, -0.05) is 6.92 Å². The minimum absolute atomic E-state index is 0.404. The highest BCUT2D eigenvalue weighted by Gasteiger charge is 2.26. The van der Waals surface area contributed by atoms with Gasteiger partial charge in [0.25, 0.3) is 11.8 Å². The second-order valence-corrected chi connectivity index (χ2v) is 5.97. The van der Waals surface area contributed by atoms with Crippen LogP contribution in [-0.2, 0) is 14.3 Å². The standard InChI is InChI=1S/C12H23N3O4S/c1-2-20-7-5-8(13)10(16)12(18)15-14-11(17)9-4-3-6-19-9/h8-10,16H,2-7,13H2,1H3,(H,14,17)(H,15,18). The molecule has 0 aromatic rings. The Balaban J connectivity index is 2.24. The van der Waals surface area contributed by atoms with Crippen molar-refractivity contribution in [1.82, 2.24) is 10.9 Å². The van der Waals surface area contributed by atoms with Crippen LogP contribution in [0.4, 0.5) is 0 Å². The van der Waals surface area contributed by atoms with Gasteiger partial charge in [0.15, 0.2) is 0 Å². The molecule has 1 saturated heterocycles. The van der Waals surface area contributed by atoms with E-state index in [1.54, 1.807) is 11.8 Å². The Morgan fingerprint density at radius 3 is 2.85 bits per heavy atom. The zero-order valence-electron chi connectivity index (χ0n) is 11.6. The van der Waals surface area contributed by atoms with Crippen molar-refractivity contribution >= 4 is 23.6 Å². The minimum Gasteiger partial charge on any atom is -0.382 e. The van der Waals surface area contributed by atoms with Gasteiger partial charge in [-0.3, -0.25) is 20.4 Å². The molecule has 0 aromatic heterocycles. The number of hydrogen-bond donors (Lipinski definition) is 4. The van der Waals surface area contributed by atoms with Crippen LogP contribution < -0.4 is 16.6 Å². The molecule has 1 fully saturated rings. The predicted molar refractivity (Wildman–Crippen MR) is 76.9 cm³/mol. The quantitative estimate of drug-likeness (QED) is 0.360. The van der Waals surface area contributed by atoms with Crippen LogP contribution in [0.25, 0.3) is 0 Å². The van der Waals surface area contributed by atoms with E-state index in [1.165, 1.54) is 0 Å². The summed E-state index contributed by atoms with van der Waals surface area (Å²) in [7, 11) is 0. The van der Waals surface area contributed by atoms with E-state index in [-0.39, 0.29) is 0 Å². The van der Waals surface area contributed by atoms with E-state index < -0.39 is 30.1 Å². The fourth-order valence-electron chi connectivity index (χ4n) is 1.78. The topological polar surface area (TPSA) is 114 Å². The third-order valence-electron chi connectivity index (χ3n) is 3.00. The van der Waals surface area contributed by atoms with E-state index in [9.17, 15) is 14.7 Å². The van der Waals surface area contributed by atoms with Crippen molar-refractivity contribution in [3.05, 3.63) is 0 Å². The third kappa shape index (κ3) is 5.66. The summed E-state index contributed by atoms with van der Waals surface area (Å²) >= 11 is 1.69. The molecule has 0 bridgehead atoms. The molecule has 1 heterocycles. The molecule has 0 aromatic carbocycles. The van der Waals surface area contributed by atoms with Gasteiger partial charge in [-0.2, -0.15) is 11.8 Å². The molecule has 1 rings (SSSR count). The second kappa shape index (κ2) is 9.17. The Labute approximate surface area is 123 Å². The lowest BCUT2D eigenvalue weighted by atomic mass is 10.1. The van der Waals surface area contributed by atoms with Gasteiger partial charge in [0.1, 0.15) is 12.2 Å². The largest absolute Gasteiger partial charge is 0.382 e. The van der Waals surface area contributed by atoms with Gasteiger partial charge in [0.05, 0.1) is 0 Å². The lowest BCUT2D eigenvalue weighted by Crippen LogP contribution is -2.53. The van der Waals surface area contributed by atoms with Crippen molar-refractivity contribution in [3.8, 4) is 0 Å². The van der Waals surface area contributed by atoms with Gasteiger partial charge in [-0.15, -0.1) is 0 Å². The van der Waals surface area contributed by atoms with Crippen LogP contribution in [0.15, 0.2) is 0 Å². The average Bonchev–Trinajstić information content (AvgIpc) is 2.97. The van der Waals surface area contributed by atoms with E-state index in [0.29, 0.717) is 19.4 Å². The Morgan fingerprint density at radius 1 is 1.50 bits per heavy atom. The molecule has 0 saturated carbocycles. The van der Waals surface area contributed by atoms with Crippen molar-refractivity contribution in [2.75, 3.05) is 18.1 Å². The van der Waals surface area contributed by atoms with Gasteiger partial charge >= 0.3 is 0 Å². The minimum atomic E-state index is -1.34. The Morgan fingerprint density at radius 2 is 2.25 bits per heavy atom. The van der Waals surface area contributed by atoms with E-state index in [2.05, 4.69) is 10.9 Å². The number of hydrazine groups is 1. The zero-order valence-corrected chi connectivity index (χ0v) is 12.4. The second-order valence-electron chi connectivity index (χ2n) is 4.57. The molecule has 7 nitrogen and oxygen atoms in total. The maximum Gasteiger partial charge on any atom is 0.268 e. The SMILES string of the molecule is CCSCCC(N)C(O)C(=O)NNC(=O)C1CCCO1. The Bertz CT molecular complexity index is 324. The first-order chi connectivity index (χ1) is 9.56. The maximum absolute atomic E-state index is 11.6. The fraction of sp³-hybridized carbons (Fsp3) is 0.833. The van der Waals surface area contributed by atoms with E-state index in [4.69, 9.17) is 10.5 Å². The molecule has 20 heavy (non-hydrogen) atoms. The van der Waals surface area contributed by atoms with Gasteiger partial charge in [0.2, 0.25) is 0 Å². The molecule has 0 spiro atoms. The molecule has 1 aliphatic rings. The number of carbonyl (C=O) groups excluding carboxylic acids is 2. The number of aliphatic hydroxyl groups is 1. The van der Waals surface area contributed by atoms with Crippen LogP contribution in [0.5, 0.6) is 0 Å². The first kappa shape index (κ1) is 17.2. The molecule has 5 N–H and O–H groups in total. The van der Waals surface area contributed by atoms with Gasteiger partial charge in [0, 0.05) is 12.6 Å². The van der Waals surface area contributed by atoms with Crippen LogP contribution in [0, 0.1) is 0 Å². The summed E-state index contributed by atoms with van der Waals surface area (Å²) in [5, 5.41) is 9.73. The van der Waals surface area contributed by atoms with Gasteiger partial charge in [-0.25, -0.2) is 0 Å². The molecule has 3 unspecified atom stereocenters. The number of amides is 2. The fourth-order valence-corrected chi connectivity index (χ4v) is 2.51. The lowest BCUT2D eigenvalue weighted by molar-refractivity contribution is -0.138. The van der Waals surface area contributed by atoms with E-state index in [0.717, 1.165) is 17.9 Å². The van der Waals surface area contributed by atoms with Crippen LogP contribution in [0.1, 0.15) is 26.2 Å². The molecule has 1 aliphatic heterocycles. The highest BCUT2D eigenvalue weighted by molar-refractivity contribution is 7.99. The Hall–Kier alpha value is -0.830. The number of nitrogens with two attached hydrogens (primary N) is 1. The molecule has 116 valence electrons. The first-order valence-electron chi connectivity index (χ1n) is 6.79. The summed E-state index contributed by atoms with van der Waals surface area (Å²) in [5.74, 6) is 0.639. The lowest BCUT2D eigenvalue weighted by Gasteiger charge is -2.19. The third-order valence-corrected chi connectivity index (χ3v) is 3.94. The van der Waals surface area contributed by atoms with Crippen LogP contribution in [0.3, 0.4) is 0 Å². The van der Waals surface area contributed by atoms with Gasteiger partial charge < -0.3 is 15.6 Å². The highest BCUT2D eigenvalue weighted by Crippen LogP contribution is 2.11. The first-order valence-corrected chi connectivity index (χ1v) is 7.94. The van der Waals surface area contributed by atoms with Crippen LogP contribution in [0.2, 0.25) is 0 Å². The van der Waals surface area contributed by atoms with E-state index >= 15 is 0 Å². The van der Waals surface area contributed by atoms with Crippen molar-refractivity contribution < 1.29 is 19.4 Å². The number of thioether (sulfide) groups is 1. The Kier molecular flexibility index (Phi) is 7.90. The molecule has 0 radical (unpaired) electrons. The zero-order chi connectivity index (χ0) is 15.0. The molecular weight excluding hydrogens is 282 g/mol. The number of nitrogens with one attached hydrogen (secondary N) is 2. The predicted octanol–water partition coefficient (Wildman–Crippen LogP) is -0.856. The average molecular weight is 305 g/mol. The van der Waals surface area contributed by atoms with E-state index in [1.807, 2.05) is 6.92 Å². The van der Waals surface area contributed by atoms with Crippen molar-refractivity contribution in [1.29, 1.82) is 0 Å². The van der Waals surface area contributed by atoms with Crippen molar-refractivity contribution in [3.63, 3.8) is 0 Å². The smallest absolute Gasteiger partial charge is 0.268 e. The number of hydrogen-bond acceptors (Lipinski definition) is 6. The summed E-state index contributed by atoms with van der Waals surface area (Å²) in [4.78, 5) is 23.2. The monoisotopic (exact) mass is 305 g/mol. The maximum atomic E-state index is 11.6. The number of carbonyl (C=O) groups is 2. The van der Waals surface area contributed by atoms with Crippen molar-refractivity contribution in [2.45, 2.75) is 44.4 Å². The number of aliphatic hydroxyl groups excluding tert-OH is 1. The normalized spacial score (nSPS) is 21.2. The summed E-state index contributed by atoms with van der Waals surface area (Å²) in [6, 6.07) is -0.645. The summed E-state index contributed by atoms with van der Waals surface area (Å²) in [5.41, 5.74) is 10.1. The number of ether oxygens (including phenoxy) is 1. The molecule has 2 amide bonds.